The number of aliphatic imine (C=N–C) groups is 1. The molecule has 3 N–H and O–H groups in total. The molecule has 138 valence electrons. The number of nitrogens with one attached hydrogen (secondary N) is 2. The van der Waals surface area contributed by atoms with E-state index in [-0.39, 0.29) is 24.0 Å². The van der Waals surface area contributed by atoms with Crippen LogP contribution in [0.5, 0.6) is 5.75 Å². The Bertz CT molecular complexity index is 660. The fraction of sp³-hybridized carbons (Fsp3) is 0.444. The van der Waals surface area contributed by atoms with Crippen LogP contribution in [0.25, 0.3) is 0 Å². The van der Waals surface area contributed by atoms with E-state index < -0.39 is 0 Å². The van der Waals surface area contributed by atoms with Crippen molar-refractivity contribution in [2.24, 2.45) is 4.99 Å². The highest BCUT2D eigenvalue weighted by Gasteiger charge is 2.02. The number of aryl methyl sites for hydroxylation is 1. The van der Waals surface area contributed by atoms with Crippen LogP contribution < -0.4 is 10.6 Å². The van der Waals surface area contributed by atoms with Crippen molar-refractivity contribution in [3.8, 4) is 5.75 Å². The van der Waals surface area contributed by atoms with Gasteiger partial charge in [-0.05, 0) is 37.5 Å². The molecule has 1 aromatic carbocycles. The molecule has 5 nitrogen and oxygen atoms in total. The zero-order valence-electron chi connectivity index (χ0n) is 14.8. The number of hydrogen-bond acceptors (Lipinski definition) is 4. The first-order chi connectivity index (χ1) is 11.7. The number of guanidine groups is 1. The second-order valence-electron chi connectivity index (χ2n) is 5.43. The Labute approximate surface area is 171 Å². The molecule has 0 atom stereocenters. The number of benzene rings is 1. The number of aromatic nitrogens is 1. The highest BCUT2D eigenvalue weighted by atomic mass is 127. The second-order valence-corrected chi connectivity index (χ2v) is 6.63. The first-order valence-corrected chi connectivity index (χ1v) is 9.26. The zero-order valence-corrected chi connectivity index (χ0v) is 17.9. The van der Waals surface area contributed by atoms with Gasteiger partial charge in [0.25, 0.3) is 0 Å². The summed E-state index contributed by atoms with van der Waals surface area (Å²) in [6, 6.07) is 7.35. The summed E-state index contributed by atoms with van der Waals surface area (Å²) in [5, 5.41) is 17.2. The Morgan fingerprint density at radius 2 is 2.08 bits per heavy atom. The fourth-order valence-corrected chi connectivity index (χ4v) is 3.12. The van der Waals surface area contributed by atoms with Gasteiger partial charge in [0.2, 0.25) is 0 Å². The number of rotatable bonds is 8. The summed E-state index contributed by atoms with van der Waals surface area (Å²) in [5.74, 6) is 1.13. The maximum absolute atomic E-state index is 9.49. The molecule has 7 heteroatoms. The van der Waals surface area contributed by atoms with Gasteiger partial charge in [-0.2, -0.15) is 0 Å². The van der Waals surface area contributed by atoms with E-state index in [1.165, 1.54) is 4.88 Å². The predicted octanol–water partition coefficient (Wildman–Crippen LogP) is 3.37. The average molecular weight is 474 g/mol. The summed E-state index contributed by atoms with van der Waals surface area (Å²) in [6.45, 7) is 6.52. The smallest absolute Gasteiger partial charge is 0.191 e. The largest absolute Gasteiger partial charge is 0.508 e. The summed E-state index contributed by atoms with van der Waals surface area (Å²) in [7, 11) is 0. The van der Waals surface area contributed by atoms with Crippen molar-refractivity contribution >= 4 is 41.3 Å². The lowest BCUT2D eigenvalue weighted by molar-refractivity contribution is 0.474. The van der Waals surface area contributed by atoms with Gasteiger partial charge in [-0.1, -0.05) is 19.1 Å². The van der Waals surface area contributed by atoms with Crippen LogP contribution in [0.15, 0.2) is 35.5 Å². The van der Waals surface area contributed by atoms with E-state index in [0.717, 1.165) is 55.4 Å². The summed E-state index contributed by atoms with van der Waals surface area (Å²) >= 11 is 1.77. The van der Waals surface area contributed by atoms with E-state index >= 15 is 0 Å². The van der Waals surface area contributed by atoms with Crippen molar-refractivity contribution in [1.82, 2.24) is 15.6 Å². The van der Waals surface area contributed by atoms with Crippen molar-refractivity contribution in [1.29, 1.82) is 0 Å². The maximum Gasteiger partial charge on any atom is 0.191 e. The summed E-state index contributed by atoms with van der Waals surface area (Å²) in [5.41, 5.74) is 1.10. The molecule has 0 saturated carbocycles. The second kappa shape index (κ2) is 12.1. The molecule has 0 spiro atoms. The van der Waals surface area contributed by atoms with Crippen LogP contribution >= 0.6 is 35.3 Å². The molecule has 0 amide bonds. The molecule has 1 aromatic heterocycles. The van der Waals surface area contributed by atoms with Gasteiger partial charge >= 0.3 is 0 Å². The first kappa shape index (κ1) is 21.7. The standard InChI is InChI=1S/C18H26N4OS.HI/c1-3-16-13-22-17(24-16)9-11-21-18(19-4-2)20-10-8-14-6-5-7-15(23)12-14;/h5-7,12-13,23H,3-4,8-11H2,1-2H3,(H2,19,20,21);1H. The molecule has 0 radical (unpaired) electrons. The number of phenolic OH excluding ortho intramolecular Hbond substituents is 1. The normalized spacial score (nSPS) is 11.0. The average Bonchev–Trinajstić information content (AvgIpc) is 3.03. The van der Waals surface area contributed by atoms with E-state index in [4.69, 9.17) is 0 Å². The van der Waals surface area contributed by atoms with Gasteiger partial charge in [-0.15, -0.1) is 35.3 Å². The monoisotopic (exact) mass is 474 g/mol. The number of phenols is 1. The zero-order chi connectivity index (χ0) is 17.2. The number of aromatic hydroxyl groups is 1. The number of halogens is 1. The van der Waals surface area contributed by atoms with Gasteiger partial charge in [0.05, 0.1) is 5.01 Å². The van der Waals surface area contributed by atoms with Gasteiger partial charge in [0.1, 0.15) is 5.75 Å². The summed E-state index contributed by atoms with van der Waals surface area (Å²) < 4.78 is 0. The van der Waals surface area contributed by atoms with Crippen LogP contribution in [-0.2, 0) is 19.3 Å². The van der Waals surface area contributed by atoms with Crippen molar-refractivity contribution in [2.45, 2.75) is 33.1 Å². The Morgan fingerprint density at radius 1 is 1.24 bits per heavy atom. The van der Waals surface area contributed by atoms with Crippen LogP contribution in [-0.4, -0.2) is 35.7 Å². The Morgan fingerprint density at radius 3 is 2.76 bits per heavy atom. The highest BCUT2D eigenvalue weighted by molar-refractivity contribution is 14.0. The van der Waals surface area contributed by atoms with Crippen LogP contribution in [0.3, 0.4) is 0 Å². The highest BCUT2D eigenvalue weighted by Crippen LogP contribution is 2.13. The van der Waals surface area contributed by atoms with Crippen molar-refractivity contribution in [2.75, 3.05) is 19.6 Å². The molecule has 0 bridgehead atoms. The third kappa shape index (κ3) is 8.04. The van der Waals surface area contributed by atoms with Gasteiger partial charge in [0.15, 0.2) is 5.96 Å². The van der Waals surface area contributed by atoms with E-state index in [1.54, 1.807) is 23.5 Å². The topological polar surface area (TPSA) is 69.5 Å². The van der Waals surface area contributed by atoms with E-state index in [2.05, 4.69) is 34.5 Å². The number of nitrogens with zero attached hydrogens (tertiary/aromatic N) is 2. The lowest BCUT2D eigenvalue weighted by Crippen LogP contribution is -2.38. The van der Waals surface area contributed by atoms with Gasteiger partial charge in [-0.3, -0.25) is 4.99 Å². The van der Waals surface area contributed by atoms with E-state index in [9.17, 15) is 5.11 Å². The SMILES string of the molecule is CCNC(=NCCc1ncc(CC)s1)NCCc1cccc(O)c1.I. The van der Waals surface area contributed by atoms with Crippen molar-refractivity contribution in [3.63, 3.8) is 0 Å². The Kier molecular flexibility index (Phi) is 10.5. The third-order valence-electron chi connectivity index (χ3n) is 3.51. The first-order valence-electron chi connectivity index (χ1n) is 8.45. The minimum atomic E-state index is 0. The molecule has 0 aliphatic rings. The lowest BCUT2D eigenvalue weighted by atomic mass is 10.1. The molecule has 0 aliphatic heterocycles. The quantitative estimate of drug-likeness (QED) is 0.312. The molecular formula is C18H27IN4OS. The fourth-order valence-electron chi connectivity index (χ4n) is 2.27. The Hall–Kier alpha value is -1.35. The molecule has 0 saturated heterocycles. The molecule has 0 unspecified atom stereocenters. The lowest BCUT2D eigenvalue weighted by Gasteiger charge is -2.11. The summed E-state index contributed by atoms with van der Waals surface area (Å²) in [6.07, 6.45) is 4.71. The van der Waals surface area contributed by atoms with Gasteiger partial charge in [0, 0.05) is 37.1 Å². The number of thiazole rings is 1. The minimum Gasteiger partial charge on any atom is -0.508 e. The molecule has 2 aromatic rings. The van der Waals surface area contributed by atoms with Crippen LogP contribution in [0.2, 0.25) is 0 Å². The molecule has 25 heavy (non-hydrogen) atoms. The third-order valence-corrected chi connectivity index (χ3v) is 4.71. The molecule has 1 heterocycles. The Balaban J connectivity index is 0.00000312. The number of hydrogen-bond donors (Lipinski definition) is 3. The summed E-state index contributed by atoms with van der Waals surface area (Å²) in [4.78, 5) is 10.4. The molecule has 0 aliphatic carbocycles. The minimum absolute atomic E-state index is 0. The van der Waals surface area contributed by atoms with Crippen LogP contribution in [0.4, 0.5) is 0 Å². The van der Waals surface area contributed by atoms with E-state index in [0.29, 0.717) is 5.75 Å². The molecule has 0 fully saturated rings. The van der Waals surface area contributed by atoms with Crippen molar-refractivity contribution < 1.29 is 5.11 Å². The van der Waals surface area contributed by atoms with Crippen LogP contribution in [0, 0.1) is 0 Å². The predicted molar refractivity (Wildman–Crippen MR) is 116 cm³/mol. The molecule has 2 rings (SSSR count). The van der Waals surface area contributed by atoms with Gasteiger partial charge in [-0.25, -0.2) is 4.98 Å². The molecular weight excluding hydrogens is 447 g/mol. The van der Waals surface area contributed by atoms with Crippen molar-refractivity contribution in [3.05, 3.63) is 45.9 Å². The van der Waals surface area contributed by atoms with E-state index in [1.807, 2.05) is 18.3 Å². The van der Waals surface area contributed by atoms with Crippen LogP contribution in [0.1, 0.15) is 29.3 Å². The van der Waals surface area contributed by atoms with Gasteiger partial charge < -0.3 is 15.7 Å². The maximum atomic E-state index is 9.49.